The van der Waals surface area contributed by atoms with Gasteiger partial charge in [0.15, 0.2) is 0 Å². The van der Waals surface area contributed by atoms with Crippen LogP contribution in [0, 0.1) is 5.82 Å². The van der Waals surface area contributed by atoms with Gasteiger partial charge in [-0.15, -0.1) is 0 Å². The number of H-pyrrole nitrogens is 1. The van der Waals surface area contributed by atoms with E-state index >= 15 is 0 Å². The molecule has 1 aliphatic rings. The van der Waals surface area contributed by atoms with E-state index in [0.717, 1.165) is 22.2 Å². The van der Waals surface area contributed by atoms with Crippen LogP contribution in [0.15, 0.2) is 48.5 Å². The van der Waals surface area contributed by atoms with Crippen LogP contribution < -0.4 is 4.74 Å². The van der Waals surface area contributed by atoms with Crippen molar-refractivity contribution in [1.82, 2.24) is 9.88 Å². The van der Waals surface area contributed by atoms with Gasteiger partial charge in [0.2, 0.25) is 0 Å². The third kappa shape index (κ3) is 3.15. The lowest BCUT2D eigenvalue weighted by molar-refractivity contribution is -0.0230. The van der Waals surface area contributed by atoms with Crippen molar-refractivity contribution in [2.24, 2.45) is 0 Å². The number of ether oxygens (including phenoxy) is 2. The molecule has 1 aromatic heterocycles. The number of methoxy groups -OCH3 is 1. The smallest absolute Gasteiger partial charge is 0.270 e. The predicted molar refractivity (Wildman–Crippen MR) is 95.8 cm³/mol. The van der Waals surface area contributed by atoms with Crippen molar-refractivity contribution >= 4 is 16.8 Å². The molecular formula is C20H19FN2O3. The Bertz CT molecular complexity index is 936. The molecule has 3 aromatic rings. The molecule has 2 aromatic carbocycles. The maximum Gasteiger partial charge on any atom is 0.270 e. The average molecular weight is 354 g/mol. The fourth-order valence-corrected chi connectivity index (χ4v) is 3.23. The van der Waals surface area contributed by atoms with Crippen molar-refractivity contribution in [3.63, 3.8) is 0 Å². The van der Waals surface area contributed by atoms with Crippen LogP contribution in [0.1, 0.15) is 22.2 Å². The predicted octanol–water partition coefficient (Wildman–Crippen LogP) is 3.53. The number of nitrogens with zero attached hydrogens (tertiary/aromatic N) is 1. The molecule has 0 saturated carbocycles. The number of aromatic nitrogens is 1. The largest absolute Gasteiger partial charge is 0.497 e. The van der Waals surface area contributed by atoms with E-state index in [1.165, 1.54) is 12.1 Å². The van der Waals surface area contributed by atoms with Crippen molar-refractivity contribution in [3.05, 3.63) is 65.6 Å². The third-order valence-corrected chi connectivity index (χ3v) is 4.66. The van der Waals surface area contributed by atoms with Crippen LogP contribution in [-0.2, 0) is 4.74 Å². The molecular weight excluding hydrogens is 335 g/mol. The van der Waals surface area contributed by atoms with Gasteiger partial charge < -0.3 is 19.4 Å². The number of carbonyl (C=O) groups excluding carboxylic acids is 1. The molecule has 26 heavy (non-hydrogen) atoms. The molecule has 1 saturated heterocycles. The van der Waals surface area contributed by atoms with Gasteiger partial charge in [0.1, 0.15) is 23.4 Å². The standard InChI is InChI=1S/C20H19FN2O3/c1-25-16-7-4-14-10-18(22-17(14)11-16)20(24)23-8-9-26-19(12-23)13-2-5-15(21)6-3-13/h2-7,10-11,19,22H,8-9,12H2,1H3/t19-/m0/s1. The first-order valence-electron chi connectivity index (χ1n) is 8.47. The van der Waals surface area contributed by atoms with Crippen molar-refractivity contribution in [1.29, 1.82) is 0 Å². The van der Waals surface area contributed by atoms with E-state index in [2.05, 4.69) is 4.98 Å². The van der Waals surface area contributed by atoms with Crippen LogP contribution in [0.4, 0.5) is 4.39 Å². The van der Waals surface area contributed by atoms with E-state index in [9.17, 15) is 9.18 Å². The molecule has 4 rings (SSSR count). The van der Waals surface area contributed by atoms with Crippen molar-refractivity contribution < 1.29 is 18.7 Å². The second-order valence-electron chi connectivity index (χ2n) is 6.30. The lowest BCUT2D eigenvalue weighted by Gasteiger charge is -2.33. The number of hydrogen-bond acceptors (Lipinski definition) is 3. The molecule has 0 radical (unpaired) electrons. The first-order valence-corrected chi connectivity index (χ1v) is 8.47. The fraction of sp³-hybridized carbons (Fsp3) is 0.250. The molecule has 0 unspecified atom stereocenters. The van der Waals surface area contributed by atoms with Crippen molar-refractivity contribution in [2.45, 2.75) is 6.10 Å². The van der Waals surface area contributed by atoms with E-state index in [1.54, 1.807) is 24.1 Å². The minimum atomic E-state index is -0.286. The highest BCUT2D eigenvalue weighted by Gasteiger charge is 2.27. The Labute approximate surface area is 150 Å². The summed E-state index contributed by atoms with van der Waals surface area (Å²) in [4.78, 5) is 17.8. The summed E-state index contributed by atoms with van der Waals surface area (Å²) in [7, 11) is 1.61. The Morgan fingerprint density at radius 1 is 1.23 bits per heavy atom. The maximum absolute atomic E-state index is 13.1. The van der Waals surface area contributed by atoms with Gasteiger partial charge in [-0.1, -0.05) is 12.1 Å². The zero-order valence-electron chi connectivity index (χ0n) is 14.4. The number of carbonyl (C=O) groups is 1. The second kappa shape index (κ2) is 6.80. The molecule has 5 nitrogen and oxygen atoms in total. The van der Waals surface area contributed by atoms with E-state index < -0.39 is 0 Å². The minimum absolute atomic E-state index is 0.0735. The second-order valence-corrected chi connectivity index (χ2v) is 6.30. The molecule has 1 N–H and O–H groups in total. The Morgan fingerprint density at radius 3 is 2.81 bits per heavy atom. The lowest BCUT2D eigenvalue weighted by Crippen LogP contribution is -2.42. The summed E-state index contributed by atoms with van der Waals surface area (Å²) in [5.41, 5.74) is 2.26. The molecule has 6 heteroatoms. The van der Waals surface area contributed by atoms with Crippen LogP contribution in [0.5, 0.6) is 5.75 Å². The molecule has 1 fully saturated rings. The summed E-state index contributed by atoms with van der Waals surface area (Å²) >= 11 is 0. The summed E-state index contributed by atoms with van der Waals surface area (Å²) in [5.74, 6) is 0.377. The lowest BCUT2D eigenvalue weighted by atomic mass is 10.1. The zero-order chi connectivity index (χ0) is 18.1. The summed E-state index contributed by atoms with van der Waals surface area (Å²) in [5, 5.41) is 0.956. The monoisotopic (exact) mass is 354 g/mol. The average Bonchev–Trinajstić information content (AvgIpc) is 3.11. The van der Waals surface area contributed by atoms with Gasteiger partial charge in [0.25, 0.3) is 5.91 Å². The van der Waals surface area contributed by atoms with Gasteiger partial charge in [-0.2, -0.15) is 0 Å². The van der Waals surface area contributed by atoms with Crippen LogP contribution in [0.2, 0.25) is 0 Å². The summed E-state index contributed by atoms with van der Waals surface area (Å²) in [6.07, 6.45) is -0.252. The first kappa shape index (κ1) is 16.6. The van der Waals surface area contributed by atoms with Crippen molar-refractivity contribution in [2.75, 3.05) is 26.8 Å². The summed E-state index contributed by atoms with van der Waals surface area (Å²) in [6, 6.07) is 13.7. The number of amides is 1. The highest BCUT2D eigenvalue weighted by Crippen LogP contribution is 2.25. The van der Waals surface area contributed by atoms with Gasteiger partial charge in [0, 0.05) is 23.5 Å². The minimum Gasteiger partial charge on any atom is -0.497 e. The molecule has 2 heterocycles. The number of halogens is 1. The maximum atomic E-state index is 13.1. The number of nitrogens with one attached hydrogen (secondary N) is 1. The molecule has 1 amide bonds. The first-order chi connectivity index (χ1) is 12.6. The SMILES string of the molecule is COc1ccc2cc(C(=O)N3CCO[C@H](c4ccc(F)cc4)C3)[nH]c2c1. The van der Waals surface area contributed by atoms with Gasteiger partial charge in [-0.3, -0.25) is 4.79 Å². The Morgan fingerprint density at radius 2 is 2.04 bits per heavy atom. The summed E-state index contributed by atoms with van der Waals surface area (Å²) < 4.78 is 24.1. The highest BCUT2D eigenvalue weighted by atomic mass is 19.1. The van der Waals surface area contributed by atoms with Crippen LogP contribution in [0.25, 0.3) is 10.9 Å². The van der Waals surface area contributed by atoms with E-state index in [0.29, 0.717) is 25.4 Å². The molecule has 134 valence electrons. The summed E-state index contributed by atoms with van der Waals surface area (Å²) in [6.45, 7) is 1.40. The number of rotatable bonds is 3. The molecule has 0 aliphatic carbocycles. The number of aromatic amines is 1. The van der Waals surface area contributed by atoms with Crippen LogP contribution >= 0.6 is 0 Å². The van der Waals surface area contributed by atoms with Gasteiger partial charge in [-0.25, -0.2) is 4.39 Å². The van der Waals surface area contributed by atoms with Crippen LogP contribution in [-0.4, -0.2) is 42.6 Å². The zero-order valence-corrected chi connectivity index (χ0v) is 14.4. The number of morpholine rings is 1. The molecule has 0 spiro atoms. The van der Waals surface area contributed by atoms with E-state index in [-0.39, 0.29) is 17.8 Å². The highest BCUT2D eigenvalue weighted by molar-refractivity contribution is 5.98. The Kier molecular flexibility index (Phi) is 4.34. The fourth-order valence-electron chi connectivity index (χ4n) is 3.23. The number of fused-ring (bicyclic) bond motifs is 1. The topological polar surface area (TPSA) is 54.6 Å². The van der Waals surface area contributed by atoms with Gasteiger partial charge in [-0.05, 0) is 35.9 Å². The molecule has 1 aliphatic heterocycles. The number of hydrogen-bond donors (Lipinski definition) is 1. The number of benzene rings is 2. The molecule has 1 atom stereocenters. The quantitative estimate of drug-likeness (QED) is 0.783. The van der Waals surface area contributed by atoms with Gasteiger partial charge in [0.05, 0.1) is 20.3 Å². The van der Waals surface area contributed by atoms with E-state index in [1.807, 2.05) is 24.3 Å². The van der Waals surface area contributed by atoms with Crippen molar-refractivity contribution in [3.8, 4) is 5.75 Å². The third-order valence-electron chi connectivity index (χ3n) is 4.66. The van der Waals surface area contributed by atoms with Crippen LogP contribution in [0.3, 0.4) is 0 Å². The normalized spacial score (nSPS) is 17.5. The van der Waals surface area contributed by atoms with Gasteiger partial charge >= 0.3 is 0 Å². The molecule has 0 bridgehead atoms. The Balaban J connectivity index is 1.54. The van der Waals surface area contributed by atoms with E-state index in [4.69, 9.17) is 9.47 Å². The Hall–Kier alpha value is -2.86.